The molecule has 3 amide bonds. The molecule has 0 spiro atoms. The number of hydrogen-bond donors (Lipinski definition) is 3. The van der Waals surface area contributed by atoms with E-state index < -0.39 is 52.6 Å². The van der Waals surface area contributed by atoms with Crippen LogP contribution in [0.3, 0.4) is 0 Å². The van der Waals surface area contributed by atoms with Crippen LogP contribution in [-0.4, -0.2) is 153 Å². The molecular formula is C73H64F7N21O7. The Hall–Kier alpha value is -13.5. The third-order valence-corrected chi connectivity index (χ3v) is 18.0. The molecule has 28 nitrogen and oxygen atoms in total. The summed E-state index contributed by atoms with van der Waals surface area (Å²) in [6.07, 6.45) is 12.2. The molecule has 15 rings (SSSR count). The molecule has 6 N–H and O–H groups in total. The van der Waals surface area contributed by atoms with Crippen molar-refractivity contribution < 1.29 is 64.1 Å². The second-order valence-electron chi connectivity index (χ2n) is 24.7. The number of ether oxygens (including phenoxy) is 4. The van der Waals surface area contributed by atoms with E-state index in [2.05, 4.69) is 74.8 Å². The van der Waals surface area contributed by atoms with Crippen LogP contribution in [0.1, 0.15) is 56.7 Å². The number of methoxy groups -OCH3 is 1. The molecule has 3 saturated heterocycles. The largest absolute Gasteiger partial charge is 0.497 e. The number of likely N-dealkylation sites (tertiary alicyclic amines) is 3. The van der Waals surface area contributed by atoms with Crippen molar-refractivity contribution in [2.24, 2.45) is 0 Å². The number of nitrogens with zero attached hydrogens (tertiary/aromatic N) is 18. The van der Waals surface area contributed by atoms with Gasteiger partial charge in [0.25, 0.3) is 0 Å². The van der Waals surface area contributed by atoms with E-state index in [1.807, 2.05) is 0 Å². The summed E-state index contributed by atoms with van der Waals surface area (Å²) in [6.45, 7) is 13.7. The zero-order valence-electron chi connectivity index (χ0n) is 57.3. The van der Waals surface area contributed by atoms with Crippen molar-refractivity contribution in [2.75, 3.05) is 63.6 Å². The minimum Gasteiger partial charge on any atom is -0.497 e. The summed E-state index contributed by atoms with van der Waals surface area (Å²) in [4.78, 5) is 78.1. The molecule has 0 saturated carbocycles. The van der Waals surface area contributed by atoms with Crippen molar-refractivity contribution in [3.8, 4) is 74.4 Å². The Bertz CT molecular complexity index is 5450. The predicted octanol–water partition coefficient (Wildman–Crippen LogP) is 11.8. The quantitative estimate of drug-likeness (QED) is 0.0459. The highest BCUT2D eigenvalue weighted by Gasteiger charge is 2.34. The van der Waals surface area contributed by atoms with Gasteiger partial charge in [-0.3, -0.25) is 14.4 Å². The predicted molar refractivity (Wildman–Crippen MR) is 380 cm³/mol. The first-order valence-corrected chi connectivity index (χ1v) is 33.5. The number of fused-ring (bicyclic) bond motifs is 3. The number of para-hydroxylation sites is 1. The first-order valence-electron chi connectivity index (χ1n) is 33.5. The Labute approximate surface area is 608 Å². The fraction of sp³-hybridized carbons (Fsp3) is 0.219. The summed E-state index contributed by atoms with van der Waals surface area (Å²) in [5.74, 6) is -7.63. The van der Waals surface area contributed by atoms with Crippen LogP contribution in [-0.2, 0) is 14.4 Å². The summed E-state index contributed by atoms with van der Waals surface area (Å²) < 4.78 is 127. The van der Waals surface area contributed by atoms with E-state index >= 15 is 13.2 Å². The second-order valence-corrected chi connectivity index (χ2v) is 24.7. The van der Waals surface area contributed by atoms with Crippen LogP contribution in [0.25, 0.3) is 66.9 Å². The smallest absolute Gasteiger partial charge is 0.246 e. The molecule has 3 aromatic carbocycles. The molecule has 552 valence electrons. The fourth-order valence-corrected chi connectivity index (χ4v) is 12.8. The van der Waals surface area contributed by atoms with Gasteiger partial charge in [0.05, 0.1) is 58.1 Å². The molecule has 0 bridgehead atoms. The molecule has 35 heteroatoms. The van der Waals surface area contributed by atoms with Crippen molar-refractivity contribution in [1.82, 2.24) is 88.9 Å². The summed E-state index contributed by atoms with van der Waals surface area (Å²) in [7, 11) is 1.57. The molecule has 0 aliphatic carbocycles. The van der Waals surface area contributed by atoms with Crippen LogP contribution in [0.5, 0.6) is 40.6 Å². The fourth-order valence-electron chi connectivity index (χ4n) is 12.8. The molecule has 0 unspecified atom stereocenters. The molecule has 3 fully saturated rings. The second kappa shape index (κ2) is 31.4. The number of piperidine rings is 3. The lowest BCUT2D eigenvalue weighted by molar-refractivity contribution is -0.128. The summed E-state index contributed by atoms with van der Waals surface area (Å²) >= 11 is 0. The first-order chi connectivity index (χ1) is 52.2. The Kier molecular flexibility index (Phi) is 21.2. The number of anilines is 3. The zero-order chi connectivity index (χ0) is 76.0. The van der Waals surface area contributed by atoms with E-state index in [1.165, 1.54) is 85.7 Å². The molecule has 0 radical (unpaired) electrons. The Balaban J connectivity index is 0.000000143. The first kappa shape index (κ1) is 72.8. The van der Waals surface area contributed by atoms with Gasteiger partial charge in [0.2, 0.25) is 64.8 Å². The maximum absolute atomic E-state index is 15.3. The van der Waals surface area contributed by atoms with Crippen molar-refractivity contribution in [2.45, 2.75) is 56.7 Å². The van der Waals surface area contributed by atoms with Gasteiger partial charge in [0, 0.05) is 57.5 Å². The van der Waals surface area contributed by atoms with Gasteiger partial charge in [0.15, 0.2) is 40.1 Å². The van der Waals surface area contributed by atoms with Crippen molar-refractivity contribution in [3.63, 3.8) is 0 Å². The number of rotatable bonds is 16. The van der Waals surface area contributed by atoms with Gasteiger partial charge in [-0.15, -0.1) is 0 Å². The summed E-state index contributed by atoms with van der Waals surface area (Å²) in [6, 6.07) is 21.2. The molecular weight excluding hydrogens is 1420 g/mol. The maximum atomic E-state index is 15.3. The minimum absolute atomic E-state index is 0.0119. The van der Waals surface area contributed by atoms with Gasteiger partial charge >= 0.3 is 0 Å². The molecule has 3 atom stereocenters. The average Bonchev–Trinajstić information content (AvgIpc) is 1.61. The lowest BCUT2D eigenvalue weighted by Crippen LogP contribution is -2.40. The molecule has 3 aliphatic heterocycles. The maximum Gasteiger partial charge on any atom is 0.246 e. The number of amides is 3. The number of nitrogens with two attached hydrogens (primary N) is 3. The molecule has 108 heavy (non-hydrogen) atoms. The zero-order valence-corrected chi connectivity index (χ0v) is 57.3. The van der Waals surface area contributed by atoms with Crippen molar-refractivity contribution in [3.05, 3.63) is 195 Å². The topological polar surface area (TPSA) is 345 Å². The van der Waals surface area contributed by atoms with Gasteiger partial charge in [-0.1, -0.05) is 31.9 Å². The van der Waals surface area contributed by atoms with E-state index in [4.69, 9.17) is 41.2 Å². The highest BCUT2D eigenvalue weighted by molar-refractivity contribution is 6.00. The number of benzene rings is 3. The SMILES string of the molecule is C=CC(=O)N1CCC[C@@H](n2nc(-c3ccc(Oc4c(F)cccc4F)nc3F)c3c(N)ncnc32)C1.C=CC(=O)N1CCC[C@@H](n2nc(-c3ccc(Oc4ccc(OC)cc4)nc3F)c3c(N)ncnc32)C1.C=CC(=O)N1CCC[C@@H](n2nc(-c3ccc(Oc4cccc(F)c4F)nc3F)c3c(N)ncnc32)C1. The lowest BCUT2D eigenvalue weighted by atomic mass is 10.1. The normalized spacial score (nSPS) is 15.7. The van der Waals surface area contributed by atoms with Crippen molar-refractivity contribution >= 4 is 68.3 Å². The van der Waals surface area contributed by atoms with Crippen molar-refractivity contribution in [1.29, 1.82) is 0 Å². The van der Waals surface area contributed by atoms with E-state index in [1.54, 1.807) is 66.2 Å². The van der Waals surface area contributed by atoms with E-state index in [-0.39, 0.29) is 105 Å². The summed E-state index contributed by atoms with van der Waals surface area (Å²) in [5.41, 5.74) is 20.3. The number of pyridine rings is 3. The number of nitrogen functional groups attached to an aromatic ring is 3. The monoisotopic (exact) mass is 1480 g/mol. The van der Waals surface area contributed by atoms with E-state index in [0.29, 0.717) is 96.7 Å². The molecule has 12 aromatic rings. The highest BCUT2D eigenvalue weighted by atomic mass is 19.2. The number of carbonyl (C=O) groups excluding carboxylic acids is 3. The Morgan fingerprint density at radius 2 is 0.796 bits per heavy atom. The van der Waals surface area contributed by atoms with E-state index in [0.717, 1.165) is 43.9 Å². The van der Waals surface area contributed by atoms with Gasteiger partial charge < -0.3 is 50.8 Å². The van der Waals surface area contributed by atoms with E-state index in [9.17, 15) is 31.9 Å². The standard InChI is InChI=1S/C25H24FN7O3.2C24H20F3N7O2/c1-3-20(34)32-12-4-5-15(13-32)33-25-21(24(27)28-14-29-25)22(31-33)18-10-11-19(30-23(18)26)36-17-8-6-16(35-2)7-9-17;1-2-18(35)33-10-4-5-13(11-33)34-24-19(23(28)29-12-30-24)21(32-34)14-8-9-17(31-22(14)27)36-16-7-3-6-15(25)20(16)26;1-2-18(35)33-10-4-5-13(11-33)34-24-19(23(28)29-12-30-24)20(32-34)14-8-9-17(31-22(14)27)36-21-15(25)6-3-7-16(21)26/h3,6-11,14-15H,1,4-5,12-13H2,2H3,(H2,27,28,29);2*2-3,6-9,12-13H,1,4-5,10-11H2,(H2,28,29,30)/t15-;2*13-/m111/s1. The van der Waals surface area contributed by atoms with Crippen LogP contribution < -0.4 is 36.1 Å². The Morgan fingerprint density at radius 1 is 0.444 bits per heavy atom. The van der Waals surface area contributed by atoms with Gasteiger partial charge in [-0.05, 0) is 123 Å². The molecule has 12 heterocycles. The van der Waals surface area contributed by atoms with Crippen LogP contribution >= 0.6 is 0 Å². The number of halogens is 7. The number of hydrogen-bond acceptors (Lipinski definition) is 22. The lowest BCUT2D eigenvalue weighted by Gasteiger charge is -2.32. The van der Waals surface area contributed by atoms with Gasteiger partial charge in [-0.25, -0.2) is 57.1 Å². The molecule has 9 aromatic heterocycles. The number of aromatic nitrogens is 15. The number of carbonyl (C=O) groups is 3. The minimum atomic E-state index is -1.21. The van der Waals surface area contributed by atoms with Crippen LogP contribution in [0.2, 0.25) is 0 Å². The molecule has 3 aliphatic rings. The third-order valence-electron chi connectivity index (χ3n) is 18.0. The summed E-state index contributed by atoms with van der Waals surface area (Å²) in [5, 5.41) is 15.0. The average molecular weight is 1480 g/mol. The van der Waals surface area contributed by atoms with Crippen LogP contribution in [0.4, 0.5) is 48.2 Å². The highest BCUT2D eigenvalue weighted by Crippen LogP contribution is 2.41. The Morgan fingerprint density at radius 3 is 1.17 bits per heavy atom. The van der Waals surface area contributed by atoms with Gasteiger partial charge in [-0.2, -0.15) is 47.8 Å². The third kappa shape index (κ3) is 15.0. The van der Waals surface area contributed by atoms with Crippen LogP contribution in [0, 0.1) is 41.1 Å². The van der Waals surface area contributed by atoms with Gasteiger partial charge in [0.1, 0.15) is 65.0 Å². The van der Waals surface area contributed by atoms with Crippen LogP contribution in [0.15, 0.2) is 154 Å².